The Morgan fingerprint density at radius 2 is 1.89 bits per heavy atom. The zero-order chi connectivity index (χ0) is 19.8. The Hall–Kier alpha value is -3.42. The largest absolute Gasteiger partial charge is 0.481 e. The van der Waals surface area contributed by atoms with Gasteiger partial charge in [0.25, 0.3) is 11.6 Å². The molecule has 2 rings (SSSR count). The first-order valence-corrected chi connectivity index (χ1v) is 8.43. The molecule has 27 heavy (non-hydrogen) atoms. The summed E-state index contributed by atoms with van der Waals surface area (Å²) in [6, 6.07) is 13.3. The van der Waals surface area contributed by atoms with Crippen LogP contribution in [0.1, 0.15) is 28.8 Å². The van der Waals surface area contributed by atoms with Gasteiger partial charge in [0, 0.05) is 37.3 Å². The van der Waals surface area contributed by atoms with Gasteiger partial charge in [-0.3, -0.25) is 19.7 Å². The molecule has 0 spiro atoms. The fourth-order valence-electron chi connectivity index (χ4n) is 2.74. The molecule has 0 saturated heterocycles. The van der Waals surface area contributed by atoms with Crippen molar-refractivity contribution in [1.82, 2.24) is 5.32 Å². The number of nitro groups is 1. The van der Waals surface area contributed by atoms with Gasteiger partial charge < -0.3 is 15.7 Å². The smallest absolute Gasteiger partial charge is 0.303 e. The highest BCUT2D eigenvalue weighted by Crippen LogP contribution is 2.24. The average molecular weight is 371 g/mol. The Morgan fingerprint density at radius 3 is 2.48 bits per heavy atom. The number of nitro benzene ring substituents is 1. The quantitative estimate of drug-likeness (QED) is 0.460. The normalized spacial score (nSPS) is 11.4. The topological polar surface area (TPSA) is 122 Å². The number of carbonyl (C=O) groups is 2. The van der Waals surface area contributed by atoms with Gasteiger partial charge in [0.2, 0.25) is 0 Å². The number of rotatable bonds is 9. The summed E-state index contributed by atoms with van der Waals surface area (Å²) in [5.74, 6) is -1.37. The van der Waals surface area contributed by atoms with Crippen LogP contribution in [0.2, 0.25) is 0 Å². The predicted molar refractivity (Wildman–Crippen MR) is 101 cm³/mol. The summed E-state index contributed by atoms with van der Waals surface area (Å²) >= 11 is 0. The van der Waals surface area contributed by atoms with Crippen LogP contribution in [-0.4, -0.2) is 35.0 Å². The number of benzene rings is 2. The van der Waals surface area contributed by atoms with Crippen LogP contribution >= 0.6 is 0 Å². The molecule has 0 fully saturated rings. The third-order valence-corrected chi connectivity index (χ3v) is 4.08. The van der Waals surface area contributed by atoms with E-state index in [0.29, 0.717) is 18.5 Å². The Kier molecular flexibility index (Phi) is 6.87. The minimum atomic E-state index is -0.912. The van der Waals surface area contributed by atoms with Crippen molar-refractivity contribution in [2.24, 2.45) is 0 Å². The summed E-state index contributed by atoms with van der Waals surface area (Å²) in [5.41, 5.74) is 1.39. The highest BCUT2D eigenvalue weighted by atomic mass is 16.6. The second kappa shape index (κ2) is 9.33. The third-order valence-electron chi connectivity index (χ3n) is 4.08. The summed E-state index contributed by atoms with van der Waals surface area (Å²) in [5, 5.41) is 25.7. The molecule has 1 atom stereocenters. The number of non-ortho nitro benzene ring substituents is 1. The van der Waals surface area contributed by atoms with Gasteiger partial charge in [-0.25, -0.2) is 0 Å². The first-order valence-electron chi connectivity index (χ1n) is 8.43. The van der Waals surface area contributed by atoms with Gasteiger partial charge in [-0.05, 0) is 24.5 Å². The van der Waals surface area contributed by atoms with Crippen molar-refractivity contribution in [3.8, 4) is 0 Å². The monoisotopic (exact) mass is 371 g/mol. The minimum Gasteiger partial charge on any atom is -0.481 e. The fourth-order valence-corrected chi connectivity index (χ4v) is 2.74. The molecule has 0 aliphatic carbocycles. The average Bonchev–Trinajstić information content (AvgIpc) is 2.66. The molecule has 8 nitrogen and oxygen atoms in total. The van der Waals surface area contributed by atoms with E-state index < -0.39 is 16.8 Å². The molecular formula is C19H21N3O5. The van der Waals surface area contributed by atoms with E-state index in [2.05, 4.69) is 10.6 Å². The maximum atomic E-state index is 12.1. The van der Waals surface area contributed by atoms with Crippen LogP contribution in [0.25, 0.3) is 0 Å². The number of carboxylic acid groups (broad SMARTS) is 1. The first-order chi connectivity index (χ1) is 12.9. The lowest BCUT2D eigenvalue weighted by Gasteiger charge is -2.21. The molecule has 0 radical (unpaired) electrons. The maximum Gasteiger partial charge on any atom is 0.303 e. The van der Waals surface area contributed by atoms with Gasteiger partial charge >= 0.3 is 5.97 Å². The van der Waals surface area contributed by atoms with E-state index in [1.807, 2.05) is 30.3 Å². The van der Waals surface area contributed by atoms with Gasteiger partial charge in [0.05, 0.1) is 10.5 Å². The number of amides is 1. The Labute approximate surface area is 156 Å². The Balaban J connectivity index is 2.30. The number of hydrogen-bond donors (Lipinski definition) is 3. The lowest BCUT2D eigenvalue weighted by molar-refractivity contribution is -0.384. The zero-order valence-corrected chi connectivity index (χ0v) is 14.8. The Morgan fingerprint density at radius 1 is 1.19 bits per heavy atom. The van der Waals surface area contributed by atoms with Crippen LogP contribution in [0.5, 0.6) is 0 Å². The van der Waals surface area contributed by atoms with E-state index in [4.69, 9.17) is 5.11 Å². The third kappa shape index (κ3) is 5.81. The number of carboxylic acids is 1. The predicted octanol–water partition coefficient (Wildman–Crippen LogP) is 2.84. The molecule has 2 aromatic rings. The lowest BCUT2D eigenvalue weighted by atomic mass is 10.0. The van der Waals surface area contributed by atoms with Crippen molar-refractivity contribution >= 4 is 23.3 Å². The zero-order valence-electron chi connectivity index (χ0n) is 14.8. The van der Waals surface area contributed by atoms with E-state index in [-0.39, 0.29) is 23.7 Å². The van der Waals surface area contributed by atoms with Crippen LogP contribution < -0.4 is 10.6 Å². The lowest BCUT2D eigenvalue weighted by Crippen LogP contribution is -2.26. The highest BCUT2D eigenvalue weighted by molar-refractivity contribution is 6.00. The summed E-state index contributed by atoms with van der Waals surface area (Å²) in [6.07, 6.45) is 0.861. The van der Waals surface area contributed by atoms with Gasteiger partial charge in [-0.1, -0.05) is 30.3 Å². The SMILES string of the molecule is CNC(=O)c1cc([N+](=O)[O-])ccc1NC(CCC(=O)O)Cc1ccccc1. The standard InChI is InChI=1S/C19H21N3O5/c1-20-19(25)16-12-15(22(26)27)8-9-17(16)21-14(7-10-18(23)24)11-13-5-3-2-4-6-13/h2-6,8-9,12,14,21H,7,10-11H2,1H3,(H,20,25)(H,23,24). The maximum absolute atomic E-state index is 12.1. The van der Waals surface area contributed by atoms with E-state index in [1.54, 1.807) is 0 Å². The summed E-state index contributed by atoms with van der Waals surface area (Å²) in [4.78, 5) is 33.6. The van der Waals surface area contributed by atoms with Crippen LogP contribution in [0, 0.1) is 10.1 Å². The summed E-state index contributed by atoms with van der Waals surface area (Å²) in [7, 11) is 1.44. The molecule has 2 aromatic carbocycles. The molecule has 0 heterocycles. The number of hydrogen-bond acceptors (Lipinski definition) is 5. The van der Waals surface area contributed by atoms with Crippen LogP contribution in [-0.2, 0) is 11.2 Å². The van der Waals surface area contributed by atoms with E-state index in [9.17, 15) is 19.7 Å². The molecule has 1 unspecified atom stereocenters. The number of aliphatic carboxylic acids is 1. The fraction of sp³-hybridized carbons (Fsp3) is 0.263. The Bertz CT molecular complexity index is 823. The highest BCUT2D eigenvalue weighted by Gasteiger charge is 2.19. The van der Waals surface area contributed by atoms with Gasteiger partial charge in [-0.15, -0.1) is 0 Å². The van der Waals surface area contributed by atoms with Gasteiger partial charge in [0.1, 0.15) is 0 Å². The van der Waals surface area contributed by atoms with Crippen molar-refractivity contribution in [1.29, 1.82) is 0 Å². The summed E-state index contributed by atoms with van der Waals surface area (Å²) in [6.45, 7) is 0. The molecular weight excluding hydrogens is 350 g/mol. The van der Waals surface area contributed by atoms with Crippen molar-refractivity contribution in [2.75, 3.05) is 12.4 Å². The van der Waals surface area contributed by atoms with Crippen molar-refractivity contribution in [3.05, 3.63) is 69.8 Å². The molecule has 8 heteroatoms. The van der Waals surface area contributed by atoms with E-state index in [1.165, 1.54) is 25.2 Å². The number of nitrogens with one attached hydrogen (secondary N) is 2. The van der Waals surface area contributed by atoms with E-state index in [0.717, 1.165) is 5.56 Å². The molecule has 0 aromatic heterocycles. The number of anilines is 1. The van der Waals surface area contributed by atoms with Crippen LogP contribution in [0.4, 0.5) is 11.4 Å². The molecule has 142 valence electrons. The van der Waals surface area contributed by atoms with Crippen molar-refractivity contribution < 1.29 is 19.6 Å². The molecule has 0 saturated carbocycles. The van der Waals surface area contributed by atoms with Gasteiger partial charge in [0.15, 0.2) is 0 Å². The molecule has 0 aliphatic rings. The molecule has 1 amide bonds. The van der Waals surface area contributed by atoms with Gasteiger partial charge in [-0.2, -0.15) is 0 Å². The van der Waals surface area contributed by atoms with Crippen molar-refractivity contribution in [3.63, 3.8) is 0 Å². The second-order valence-corrected chi connectivity index (χ2v) is 6.03. The van der Waals surface area contributed by atoms with Crippen LogP contribution in [0.3, 0.4) is 0 Å². The van der Waals surface area contributed by atoms with Crippen LogP contribution in [0.15, 0.2) is 48.5 Å². The first kappa shape index (κ1) is 19.9. The summed E-state index contributed by atoms with van der Waals surface area (Å²) < 4.78 is 0. The number of nitrogens with zero attached hydrogens (tertiary/aromatic N) is 1. The molecule has 0 aliphatic heterocycles. The number of carbonyl (C=O) groups excluding carboxylic acids is 1. The van der Waals surface area contributed by atoms with E-state index >= 15 is 0 Å². The minimum absolute atomic E-state index is 0.0349. The second-order valence-electron chi connectivity index (χ2n) is 6.03. The molecule has 0 bridgehead atoms. The molecule has 3 N–H and O–H groups in total. The van der Waals surface area contributed by atoms with Crippen molar-refractivity contribution in [2.45, 2.75) is 25.3 Å².